The zero-order valence-corrected chi connectivity index (χ0v) is 11.6. The molecule has 0 saturated carbocycles. The minimum atomic E-state index is 0.153. The van der Waals surface area contributed by atoms with Gasteiger partial charge in [-0.05, 0) is 47.5 Å². The molecule has 0 radical (unpaired) electrons. The lowest BCUT2D eigenvalue weighted by molar-refractivity contribution is 0.479. The van der Waals surface area contributed by atoms with E-state index in [4.69, 9.17) is 0 Å². The molecule has 4 nitrogen and oxygen atoms in total. The summed E-state index contributed by atoms with van der Waals surface area (Å²) >= 11 is 0. The Morgan fingerprint density at radius 1 is 0.591 bits per heavy atom. The summed E-state index contributed by atoms with van der Waals surface area (Å²) < 4.78 is 0. The summed E-state index contributed by atoms with van der Waals surface area (Å²) in [7, 11) is 0. The van der Waals surface area contributed by atoms with Crippen LogP contribution in [-0.4, -0.2) is 20.2 Å². The number of benzene rings is 2. The van der Waals surface area contributed by atoms with Crippen LogP contribution in [0.1, 0.15) is 0 Å². The zero-order chi connectivity index (χ0) is 15.1. The number of nitrogens with zero attached hydrogens (tertiary/aromatic N) is 2. The normalized spacial score (nSPS) is 11.1. The first-order valence-corrected chi connectivity index (χ1v) is 6.89. The second-order valence-corrected chi connectivity index (χ2v) is 5.06. The maximum atomic E-state index is 9.99. The van der Waals surface area contributed by atoms with Crippen molar-refractivity contribution in [2.75, 3.05) is 0 Å². The summed E-state index contributed by atoms with van der Waals surface area (Å²) in [5, 5.41) is 21.7. The van der Waals surface area contributed by atoms with E-state index in [2.05, 4.69) is 9.97 Å². The molecule has 0 saturated heterocycles. The molecule has 0 fully saturated rings. The van der Waals surface area contributed by atoms with Gasteiger partial charge in [0.15, 0.2) is 0 Å². The maximum Gasteiger partial charge on any atom is 0.141 e. The molecule has 0 bridgehead atoms. The van der Waals surface area contributed by atoms with Crippen LogP contribution < -0.4 is 0 Å². The molecule has 0 aliphatic heterocycles. The van der Waals surface area contributed by atoms with Crippen molar-refractivity contribution < 1.29 is 10.2 Å². The van der Waals surface area contributed by atoms with Crippen LogP contribution in [0.4, 0.5) is 0 Å². The van der Waals surface area contributed by atoms with E-state index in [1.807, 2.05) is 36.4 Å². The molecule has 2 aromatic carbocycles. The number of phenolic OH excluding ortho intramolecular Hbond substituents is 2. The molecule has 0 amide bonds. The molecular formula is C18H12N2O2. The first kappa shape index (κ1) is 12.6. The summed E-state index contributed by atoms with van der Waals surface area (Å²) in [6.07, 6.45) is 3.31. The molecule has 2 aromatic heterocycles. The van der Waals surface area contributed by atoms with Crippen molar-refractivity contribution in [3.05, 3.63) is 60.9 Å². The van der Waals surface area contributed by atoms with Crippen molar-refractivity contribution in [3.8, 4) is 22.6 Å². The van der Waals surface area contributed by atoms with Gasteiger partial charge < -0.3 is 10.2 Å². The number of aromatic hydroxyl groups is 2. The fraction of sp³-hybridized carbons (Fsp3) is 0. The minimum Gasteiger partial charge on any atom is -0.506 e. The van der Waals surface area contributed by atoms with E-state index in [-0.39, 0.29) is 11.5 Å². The van der Waals surface area contributed by atoms with Gasteiger partial charge in [-0.2, -0.15) is 0 Å². The van der Waals surface area contributed by atoms with Crippen molar-refractivity contribution in [2.24, 2.45) is 0 Å². The van der Waals surface area contributed by atoms with Gasteiger partial charge in [0.1, 0.15) is 22.5 Å². The Bertz CT molecular complexity index is 929. The van der Waals surface area contributed by atoms with Gasteiger partial charge >= 0.3 is 0 Å². The largest absolute Gasteiger partial charge is 0.506 e. The van der Waals surface area contributed by atoms with E-state index in [0.29, 0.717) is 11.0 Å². The van der Waals surface area contributed by atoms with Crippen LogP contribution in [0, 0.1) is 0 Å². The van der Waals surface area contributed by atoms with Crippen molar-refractivity contribution in [2.45, 2.75) is 0 Å². The Hall–Kier alpha value is -3.14. The second kappa shape index (κ2) is 4.70. The molecule has 2 heterocycles. The smallest absolute Gasteiger partial charge is 0.141 e. The summed E-state index contributed by atoms with van der Waals surface area (Å²) in [6, 6.07) is 14.5. The summed E-state index contributed by atoms with van der Waals surface area (Å²) in [4.78, 5) is 8.50. The van der Waals surface area contributed by atoms with Gasteiger partial charge in [0.05, 0.1) is 0 Å². The molecule has 4 heteroatoms. The molecule has 4 rings (SSSR count). The molecule has 22 heavy (non-hydrogen) atoms. The van der Waals surface area contributed by atoms with E-state index in [1.54, 1.807) is 24.5 Å². The Morgan fingerprint density at radius 2 is 1.05 bits per heavy atom. The Morgan fingerprint density at radius 3 is 1.50 bits per heavy atom. The van der Waals surface area contributed by atoms with E-state index in [1.165, 1.54) is 0 Å². The third-order valence-electron chi connectivity index (χ3n) is 3.79. The third kappa shape index (κ3) is 1.78. The molecule has 106 valence electrons. The predicted molar refractivity (Wildman–Crippen MR) is 85.8 cm³/mol. The number of fused-ring (bicyclic) bond motifs is 2. The zero-order valence-electron chi connectivity index (χ0n) is 11.6. The first-order chi connectivity index (χ1) is 10.8. The van der Waals surface area contributed by atoms with Crippen LogP contribution in [0.3, 0.4) is 0 Å². The first-order valence-electron chi connectivity index (χ1n) is 6.89. The maximum absolute atomic E-state index is 9.99. The number of phenols is 2. The van der Waals surface area contributed by atoms with Crippen molar-refractivity contribution >= 4 is 21.8 Å². The van der Waals surface area contributed by atoms with Crippen molar-refractivity contribution in [1.29, 1.82) is 0 Å². The molecule has 4 aromatic rings. The fourth-order valence-corrected chi connectivity index (χ4v) is 2.79. The van der Waals surface area contributed by atoms with Gasteiger partial charge in [0.2, 0.25) is 0 Å². The number of rotatable bonds is 1. The van der Waals surface area contributed by atoms with Crippen LogP contribution in [0.2, 0.25) is 0 Å². The fourth-order valence-electron chi connectivity index (χ4n) is 2.79. The topological polar surface area (TPSA) is 66.2 Å². The van der Waals surface area contributed by atoms with Crippen LogP contribution in [0.25, 0.3) is 32.9 Å². The number of aromatic nitrogens is 2. The van der Waals surface area contributed by atoms with Crippen LogP contribution in [0.5, 0.6) is 11.5 Å². The lowest BCUT2D eigenvalue weighted by Crippen LogP contribution is -1.87. The summed E-state index contributed by atoms with van der Waals surface area (Å²) in [5.74, 6) is 0.307. The highest BCUT2D eigenvalue weighted by molar-refractivity contribution is 6.06. The molecule has 0 spiro atoms. The highest BCUT2D eigenvalue weighted by atomic mass is 16.3. The van der Waals surface area contributed by atoms with Crippen molar-refractivity contribution in [3.63, 3.8) is 0 Å². The summed E-state index contributed by atoms with van der Waals surface area (Å²) in [6.45, 7) is 0. The van der Waals surface area contributed by atoms with Crippen LogP contribution in [-0.2, 0) is 0 Å². The van der Waals surface area contributed by atoms with Crippen LogP contribution in [0.15, 0.2) is 60.9 Å². The Labute approximate surface area is 126 Å². The van der Waals surface area contributed by atoms with Crippen LogP contribution >= 0.6 is 0 Å². The van der Waals surface area contributed by atoms with Gasteiger partial charge in [0.25, 0.3) is 0 Å². The molecule has 2 N–H and O–H groups in total. The van der Waals surface area contributed by atoms with Gasteiger partial charge in [-0.1, -0.05) is 12.1 Å². The van der Waals surface area contributed by atoms with Gasteiger partial charge in [-0.15, -0.1) is 0 Å². The number of pyridine rings is 2. The molecular weight excluding hydrogens is 276 g/mol. The minimum absolute atomic E-state index is 0.153. The second-order valence-electron chi connectivity index (χ2n) is 5.06. The van der Waals surface area contributed by atoms with Gasteiger partial charge in [0, 0.05) is 23.2 Å². The Kier molecular flexibility index (Phi) is 2.69. The monoisotopic (exact) mass is 288 g/mol. The Balaban J connectivity index is 2.13. The van der Waals surface area contributed by atoms with Gasteiger partial charge in [-0.3, -0.25) is 9.97 Å². The molecule has 0 atom stereocenters. The third-order valence-corrected chi connectivity index (χ3v) is 3.79. The van der Waals surface area contributed by atoms with E-state index < -0.39 is 0 Å². The molecule has 0 aliphatic carbocycles. The SMILES string of the molecule is Oc1ccc(-c2ccc(O)c3ncccc23)c2cccnc12. The van der Waals surface area contributed by atoms with E-state index in [0.717, 1.165) is 21.9 Å². The summed E-state index contributed by atoms with van der Waals surface area (Å²) in [5.41, 5.74) is 3.01. The lowest BCUT2D eigenvalue weighted by atomic mass is 9.96. The van der Waals surface area contributed by atoms with Crippen molar-refractivity contribution in [1.82, 2.24) is 9.97 Å². The standard InChI is InChI=1S/C18H12N2O2/c21-15-7-5-11(13-3-1-9-19-17(13)15)12-6-8-16(22)18-14(12)4-2-10-20-18/h1-10,21-22H. The average Bonchev–Trinajstić information content (AvgIpc) is 2.57. The van der Waals surface area contributed by atoms with Gasteiger partial charge in [-0.25, -0.2) is 0 Å². The number of hydrogen-bond donors (Lipinski definition) is 2. The average molecular weight is 288 g/mol. The molecule has 0 unspecified atom stereocenters. The lowest BCUT2D eigenvalue weighted by Gasteiger charge is -2.11. The quantitative estimate of drug-likeness (QED) is 0.558. The molecule has 0 aliphatic rings. The number of hydrogen-bond acceptors (Lipinski definition) is 4. The van der Waals surface area contributed by atoms with E-state index in [9.17, 15) is 10.2 Å². The van der Waals surface area contributed by atoms with E-state index >= 15 is 0 Å². The highest BCUT2D eigenvalue weighted by Gasteiger charge is 2.12. The predicted octanol–water partition coefficient (Wildman–Crippen LogP) is 3.86. The highest BCUT2D eigenvalue weighted by Crippen LogP contribution is 2.37.